The van der Waals surface area contributed by atoms with E-state index in [-0.39, 0.29) is 5.78 Å². The normalized spacial score (nSPS) is 16.8. The molecule has 1 saturated heterocycles. The van der Waals surface area contributed by atoms with Gasteiger partial charge in [-0.15, -0.1) is 0 Å². The Balaban J connectivity index is 1.05. The van der Waals surface area contributed by atoms with Gasteiger partial charge >= 0.3 is 0 Å². The number of Topliss-reactive ketones (excluding diaryl/α,β-unsaturated/α-hetero) is 1. The van der Waals surface area contributed by atoms with Gasteiger partial charge in [0.15, 0.2) is 5.78 Å². The summed E-state index contributed by atoms with van der Waals surface area (Å²) in [6.45, 7) is 5.91. The first kappa shape index (κ1) is 28.5. The van der Waals surface area contributed by atoms with Crippen LogP contribution >= 0.6 is 11.6 Å². The van der Waals surface area contributed by atoms with Gasteiger partial charge in [-0.05, 0) is 104 Å². The van der Waals surface area contributed by atoms with Crippen LogP contribution in [-0.2, 0) is 25.9 Å². The van der Waals surface area contributed by atoms with E-state index in [0.29, 0.717) is 17.9 Å². The van der Waals surface area contributed by atoms with Crippen molar-refractivity contribution in [2.75, 3.05) is 26.2 Å². The van der Waals surface area contributed by atoms with E-state index in [0.717, 1.165) is 75.5 Å². The topological polar surface area (TPSA) is 66.6 Å². The summed E-state index contributed by atoms with van der Waals surface area (Å²) in [6.07, 6.45) is 7.05. The summed E-state index contributed by atoms with van der Waals surface area (Å²) in [6, 6.07) is 22.0. The molecule has 0 radical (unpaired) electrons. The lowest BCUT2D eigenvalue weighted by Gasteiger charge is -2.32. The monoisotopic (exact) mass is 557 g/mol. The molecule has 2 N–H and O–H groups in total. The van der Waals surface area contributed by atoms with Crippen molar-refractivity contribution >= 4 is 23.3 Å². The highest BCUT2D eigenvalue weighted by Gasteiger charge is 2.21. The van der Waals surface area contributed by atoms with E-state index in [1.165, 1.54) is 35.1 Å². The van der Waals surface area contributed by atoms with Crippen LogP contribution in [0.2, 0.25) is 5.02 Å². The minimum absolute atomic E-state index is 0.273. The molecule has 2 aliphatic rings. The molecule has 3 aromatic rings. The predicted molar refractivity (Wildman–Crippen MR) is 162 cm³/mol. The fourth-order valence-electron chi connectivity index (χ4n) is 6.13. The van der Waals surface area contributed by atoms with Gasteiger partial charge in [0.2, 0.25) is 5.91 Å². The van der Waals surface area contributed by atoms with Crippen LogP contribution in [0.4, 0.5) is 0 Å². The molecular weight excluding hydrogens is 518 g/mol. The molecule has 0 spiro atoms. The number of halogens is 1. The van der Waals surface area contributed by atoms with Crippen molar-refractivity contribution in [2.45, 2.75) is 58.0 Å². The van der Waals surface area contributed by atoms with Crippen molar-refractivity contribution in [1.82, 2.24) is 9.80 Å². The maximum atomic E-state index is 13.1. The highest BCUT2D eigenvalue weighted by Crippen LogP contribution is 2.26. The van der Waals surface area contributed by atoms with E-state index in [1.807, 2.05) is 30.3 Å². The molecule has 0 aromatic heterocycles. The molecule has 0 bridgehead atoms. The first-order chi connectivity index (χ1) is 19.4. The van der Waals surface area contributed by atoms with E-state index in [9.17, 15) is 9.59 Å². The smallest absolute Gasteiger partial charge is 0.248 e. The molecule has 2 heterocycles. The van der Waals surface area contributed by atoms with E-state index in [2.05, 4.69) is 34.1 Å². The van der Waals surface area contributed by atoms with Crippen LogP contribution in [0.5, 0.6) is 0 Å². The maximum Gasteiger partial charge on any atom is 0.248 e. The summed E-state index contributed by atoms with van der Waals surface area (Å²) >= 11 is 6.34. The lowest BCUT2D eigenvalue weighted by Crippen LogP contribution is -2.33. The number of rotatable bonds is 10. The van der Waals surface area contributed by atoms with Gasteiger partial charge in [-0.1, -0.05) is 54.1 Å². The molecule has 3 aromatic carbocycles. The number of nitrogens with two attached hydrogens (primary N) is 1. The largest absolute Gasteiger partial charge is 0.366 e. The first-order valence-corrected chi connectivity index (χ1v) is 15.0. The standard InChI is InChI=1S/C34H40ClN3O2/c35-32-6-2-1-5-31(32)24-38-18-14-25(15-19-38)4-3-7-33(39)30-13-12-27-16-20-37(21-17-29(27)22-30)23-26-8-10-28(11-9-26)34(36)40/h1-2,5-6,8-13,22,25H,3-4,7,14-21,23-24H2,(H2,36,40). The molecule has 0 atom stereocenters. The summed E-state index contributed by atoms with van der Waals surface area (Å²) in [7, 11) is 0. The fourth-order valence-corrected chi connectivity index (χ4v) is 6.33. The number of hydrogen-bond donors (Lipinski definition) is 1. The number of hydrogen-bond acceptors (Lipinski definition) is 4. The SMILES string of the molecule is NC(=O)c1ccc(CN2CCc3ccc(C(=O)CCCC4CCN(Cc5ccccc5Cl)CC4)cc3CC2)cc1. The van der Waals surface area contributed by atoms with Crippen molar-refractivity contribution in [3.8, 4) is 0 Å². The molecule has 1 amide bonds. The van der Waals surface area contributed by atoms with Gasteiger partial charge in [0.25, 0.3) is 0 Å². The van der Waals surface area contributed by atoms with Crippen LogP contribution in [0.25, 0.3) is 0 Å². The zero-order valence-corrected chi connectivity index (χ0v) is 24.0. The van der Waals surface area contributed by atoms with Crippen LogP contribution in [0.1, 0.15) is 75.1 Å². The van der Waals surface area contributed by atoms with Gasteiger partial charge in [0.05, 0.1) is 0 Å². The quantitative estimate of drug-likeness (QED) is 0.297. The molecule has 0 saturated carbocycles. The van der Waals surface area contributed by atoms with Crippen molar-refractivity contribution in [1.29, 1.82) is 0 Å². The van der Waals surface area contributed by atoms with E-state index < -0.39 is 5.91 Å². The summed E-state index contributed by atoms with van der Waals surface area (Å²) in [5.41, 5.74) is 11.8. The van der Waals surface area contributed by atoms with Gasteiger partial charge in [-0.25, -0.2) is 0 Å². The van der Waals surface area contributed by atoms with Crippen LogP contribution in [0, 0.1) is 5.92 Å². The zero-order chi connectivity index (χ0) is 27.9. The average Bonchev–Trinajstić information content (AvgIpc) is 3.17. The highest BCUT2D eigenvalue weighted by atomic mass is 35.5. The third kappa shape index (κ3) is 7.60. The van der Waals surface area contributed by atoms with Crippen molar-refractivity contribution < 1.29 is 9.59 Å². The van der Waals surface area contributed by atoms with Gasteiger partial charge < -0.3 is 5.73 Å². The van der Waals surface area contributed by atoms with E-state index in [4.69, 9.17) is 17.3 Å². The summed E-state index contributed by atoms with van der Waals surface area (Å²) < 4.78 is 0. The van der Waals surface area contributed by atoms with E-state index in [1.54, 1.807) is 12.1 Å². The van der Waals surface area contributed by atoms with Gasteiger partial charge in [-0.2, -0.15) is 0 Å². The Kier molecular flexibility index (Phi) is 9.69. The summed E-state index contributed by atoms with van der Waals surface area (Å²) in [5.74, 6) is 0.586. The molecule has 40 heavy (non-hydrogen) atoms. The third-order valence-electron chi connectivity index (χ3n) is 8.64. The second-order valence-electron chi connectivity index (χ2n) is 11.4. The molecule has 1 fully saturated rings. The Hall–Kier alpha value is -2.99. The van der Waals surface area contributed by atoms with Crippen molar-refractivity contribution in [3.63, 3.8) is 0 Å². The molecule has 6 heteroatoms. The number of nitrogens with zero attached hydrogens (tertiary/aromatic N) is 2. The van der Waals surface area contributed by atoms with Crippen LogP contribution in [0.3, 0.4) is 0 Å². The lowest BCUT2D eigenvalue weighted by molar-refractivity contribution is 0.0971. The number of likely N-dealkylation sites (tertiary alicyclic amines) is 1. The molecule has 0 unspecified atom stereocenters. The number of fused-ring (bicyclic) bond motifs is 1. The predicted octanol–water partition coefficient (Wildman–Crippen LogP) is 6.30. The minimum Gasteiger partial charge on any atom is -0.366 e. The fraction of sp³-hybridized carbons (Fsp3) is 0.412. The van der Waals surface area contributed by atoms with Crippen LogP contribution < -0.4 is 5.73 Å². The number of piperidine rings is 1. The van der Waals surface area contributed by atoms with Gasteiger partial charge in [-0.3, -0.25) is 19.4 Å². The number of ketones is 1. The summed E-state index contributed by atoms with van der Waals surface area (Å²) in [4.78, 5) is 29.3. The molecule has 5 nitrogen and oxygen atoms in total. The van der Waals surface area contributed by atoms with Gasteiger partial charge in [0, 0.05) is 48.7 Å². The number of benzene rings is 3. The van der Waals surface area contributed by atoms with E-state index >= 15 is 0 Å². The second kappa shape index (κ2) is 13.6. The Morgan fingerprint density at radius 3 is 2.20 bits per heavy atom. The van der Waals surface area contributed by atoms with Crippen molar-refractivity contribution in [2.24, 2.45) is 11.7 Å². The Morgan fingerprint density at radius 2 is 1.48 bits per heavy atom. The number of amides is 1. The maximum absolute atomic E-state index is 13.1. The number of primary amides is 1. The third-order valence-corrected chi connectivity index (χ3v) is 9.01. The number of carbonyl (C=O) groups is 2. The first-order valence-electron chi connectivity index (χ1n) is 14.7. The second-order valence-corrected chi connectivity index (χ2v) is 11.9. The molecule has 2 aliphatic heterocycles. The zero-order valence-electron chi connectivity index (χ0n) is 23.3. The average molecular weight is 558 g/mol. The van der Waals surface area contributed by atoms with Gasteiger partial charge in [0.1, 0.15) is 0 Å². The summed E-state index contributed by atoms with van der Waals surface area (Å²) in [5, 5.41) is 0.854. The molecule has 5 rings (SSSR count). The van der Waals surface area contributed by atoms with Crippen LogP contribution in [0.15, 0.2) is 66.7 Å². The molecule has 210 valence electrons. The Morgan fingerprint density at radius 1 is 0.800 bits per heavy atom. The Bertz CT molecular complexity index is 1320. The molecular formula is C34H40ClN3O2. The van der Waals surface area contributed by atoms with Crippen molar-refractivity contribution in [3.05, 3.63) is 105 Å². The lowest BCUT2D eigenvalue weighted by atomic mass is 9.90. The number of carbonyl (C=O) groups excluding carboxylic acids is 2. The molecule has 0 aliphatic carbocycles. The minimum atomic E-state index is -0.395. The van der Waals surface area contributed by atoms with Crippen LogP contribution in [-0.4, -0.2) is 47.7 Å². The Labute approximate surface area is 243 Å². The highest BCUT2D eigenvalue weighted by molar-refractivity contribution is 6.31.